The van der Waals surface area contributed by atoms with Gasteiger partial charge in [0.05, 0.1) is 0 Å². The third-order valence-corrected chi connectivity index (χ3v) is 22.7. The van der Waals surface area contributed by atoms with E-state index in [1.807, 2.05) is 0 Å². The topological polar surface area (TPSA) is 64.4 Å². The van der Waals surface area contributed by atoms with Crippen LogP contribution in [0.5, 0.6) is 0 Å². The van der Waals surface area contributed by atoms with Crippen LogP contribution in [0.2, 0.25) is 13.3 Å². The van der Waals surface area contributed by atoms with Gasteiger partial charge < -0.3 is 0 Å². The maximum absolute atomic E-state index is 5.48. The molecule has 184 valence electrons. The van der Waals surface area contributed by atoms with Crippen LogP contribution in [0.15, 0.2) is 59.6 Å². The predicted octanol–water partition coefficient (Wildman–Crippen LogP) is 7.33. The number of benzene rings is 2. The SMILES string of the molecule is CCC(C)c1ccccc1.CCC[CH2][Sn]([CH2]CC)([CH2]CCC)[c]1cccc(CN=C(N)N)c1. The molecule has 33 heavy (non-hydrogen) atoms. The van der Waals surface area contributed by atoms with Gasteiger partial charge in [0.25, 0.3) is 0 Å². The zero-order valence-corrected chi connectivity index (χ0v) is 24.8. The molecule has 2 rings (SSSR count). The predicted molar refractivity (Wildman–Crippen MR) is 151 cm³/mol. The van der Waals surface area contributed by atoms with Crippen molar-refractivity contribution in [3.63, 3.8) is 0 Å². The molecule has 4 N–H and O–H groups in total. The van der Waals surface area contributed by atoms with E-state index in [2.05, 4.69) is 94.2 Å². The van der Waals surface area contributed by atoms with Gasteiger partial charge in [-0.1, -0.05) is 44.2 Å². The van der Waals surface area contributed by atoms with E-state index in [1.54, 1.807) is 3.58 Å². The van der Waals surface area contributed by atoms with E-state index in [0.29, 0.717) is 12.5 Å². The molecule has 2 aromatic rings. The number of aliphatic imine (C=N–C) groups is 1. The first kappa shape index (κ1) is 29.5. The summed E-state index contributed by atoms with van der Waals surface area (Å²) in [4.78, 5) is 4.18. The molecule has 0 spiro atoms. The molecule has 0 saturated heterocycles. The minimum atomic E-state index is -2.30. The van der Waals surface area contributed by atoms with Gasteiger partial charge in [0.1, 0.15) is 0 Å². The van der Waals surface area contributed by atoms with Crippen molar-refractivity contribution in [3.05, 3.63) is 65.7 Å². The first-order chi connectivity index (χ1) is 15.9. The van der Waals surface area contributed by atoms with Crippen LogP contribution in [-0.2, 0) is 6.54 Å². The van der Waals surface area contributed by atoms with E-state index in [4.69, 9.17) is 11.5 Å². The fourth-order valence-electron chi connectivity index (χ4n) is 4.52. The van der Waals surface area contributed by atoms with Crippen LogP contribution in [0, 0.1) is 0 Å². The van der Waals surface area contributed by atoms with Gasteiger partial charge in [-0.2, -0.15) is 0 Å². The van der Waals surface area contributed by atoms with Gasteiger partial charge in [0.2, 0.25) is 0 Å². The average molecular weight is 558 g/mol. The van der Waals surface area contributed by atoms with Crippen LogP contribution in [0.25, 0.3) is 0 Å². The molecule has 0 aliphatic rings. The summed E-state index contributed by atoms with van der Waals surface area (Å²) in [7, 11) is 0. The Balaban J connectivity index is 0.000000451. The number of nitrogens with two attached hydrogens (primary N) is 2. The number of hydrogen-bond donors (Lipinski definition) is 2. The van der Waals surface area contributed by atoms with Gasteiger partial charge >= 0.3 is 147 Å². The first-order valence-electron chi connectivity index (χ1n) is 13.1. The maximum atomic E-state index is 5.48. The number of unbranched alkanes of at least 4 members (excludes halogenated alkanes) is 2. The summed E-state index contributed by atoms with van der Waals surface area (Å²) in [6.07, 6.45) is 7.94. The van der Waals surface area contributed by atoms with Crippen LogP contribution in [-0.4, -0.2) is 24.3 Å². The monoisotopic (exact) mass is 559 g/mol. The Morgan fingerprint density at radius 1 is 0.818 bits per heavy atom. The van der Waals surface area contributed by atoms with E-state index in [0.717, 1.165) is 0 Å². The summed E-state index contributed by atoms with van der Waals surface area (Å²) in [5.74, 6) is 0.886. The molecule has 0 saturated carbocycles. The third-order valence-electron chi connectivity index (χ3n) is 6.71. The Bertz CT molecular complexity index is 776. The molecule has 2 aromatic carbocycles. The van der Waals surface area contributed by atoms with Crippen LogP contribution in [0.1, 0.15) is 90.2 Å². The van der Waals surface area contributed by atoms with Crippen LogP contribution >= 0.6 is 0 Å². The van der Waals surface area contributed by atoms with Crippen molar-refractivity contribution >= 4 is 27.9 Å². The Morgan fingerprint density at radius 2 is 1.45 bits per heavy atom. The molecule has 0 radical (unpaired) electrons. The molecule has 3 nitrogen and oxygen atoms in total. The summed E-state index contributed by atoms with van der Waals surface area (Å²) < 4.78 is 6.14. The molecule has 1 unspecified atom stereocenters. The summed E-state index contributed by atoms with van der Waals surface area (Å²) in [5, 5.41) is 0. The van der Waals surface area contributed by atoms with Gasteiger partial charge in [-0.15, -0.1) is 0 Å². The van der Waals surface area contributed by atoms with Crippen molar-refractivity contribution in [2.45, 2.75) is 98.9 Å². The van der Waals surface area contributed by atoms with Gasteiger partial charge in [-0.3, -0.25) is 0 Å². The molecule has 0 heterocycles. The molecule has 0 fully saturated rings. The Kier molecular flexibility index (Phi) is 15.2. The summed E-state index contributed by atoms with van der Waals surface area (Å²) >= 11 is -2.30. The Labute approximate surface area is 208 Å². The summed E-state index contributed by atoms with van der Waals surface area (Å²) in [6.45, 7) is 12.1. The fraction of sp³-hybridized carbons (Fsp3) is 0.552. The fourth-order valence-corrected chi connectivity index (χ4v) is 20.4. The van der Waals surface area contributed by atoms with Gasteiger partial charge in [-0.05, 0) is 17.9 Å². The molecule has 0 aromatic heterocycles. The van der Waals surface area contributed by atoms with Gasteiger partial charge in [0, 0.05) is 0 Å². The summed E-state index contributed by atoms with van der Waals surface area (Å²) in [5.41, 5.74) is 13.7. The standard InChI is InChI=1S/C10H14.C8H10N3.2C4H9.C3H7.Sn/c1-3-9(2)10-7-5-4-6-8-10;9-8(10)11-6-7-4-2-1-3-5-7;2*1-3-4-2;1-3-2;/h4-9H,3H2,1-2H3;1-2,4-5H,6H2,(H4,9,10,11);2*1,3-4H2,2H3;1,3H2,2H3;. The van der Waals surface area contributed by atoms with Crippen molar-refractivity contribution in [2.24, 2.45) is 16.5 Å². The van der Waals surface area contributed by atoms with Crippen molar-refractivity contribution < 1.29 is 0 Å². The zero-order valence-electron chi connectivity index (χ0n) is 21.9. The second-order valence-electron chi connectivity index (χ2n) is 9.40. The third kappa shape index (κ3) is 11.0. The van der Waals surface area contributed by atoms with E-state index in [-0.39, 0.29) is 5.96 Å². The van der Waals surface area contributed by atoms with Crippen LogP contribution < -0.4 is 15.0 Å². The molecule has 0 amide bonds. The van der Waals surface area contributed by atoms with Crippen molar-refractivity contribution in [3.8, 4) is 0 Å². The average Bonchev–Trinajstić information content (AvgIpc) is 2.85. The number of guanidine groups is 1. The molecular weight excluding hydrogens is 509 g/mol. The van der Waals surface area contributed by atoms with E-state index >= 15 is 0 Å². The molecule has 0 aliphatic carbocycles. The molecule has 1 atom stereocenters. The minimum absolute atomic E-state index is 0.177. The normalized spacial score (nSPS) is 11.9. The van der Waals surface area contributed by atoms with Gasteiger partial charge in [0.15, 0.2) is 0 Å². The second-order valence-corrected chi connectivity index (χ2v) is 22.6. The van der Waals surface area contributed by atoms with Crippen LogP contribution in [0.4, 0.5) is 0 Å². The van der Waals surface area contributed by atoms with Gasteiger partial charge in [-0.25, -0.2) is 0 Å². The number of rotatable bonds is 13. The van der Waals surface area contributed by atoms with E-state index in [9.17, 15) is 0 Å². The molecule has 4 heteroatoms. The molecular formula is C29H49N3Sn. The van der Waals surface area contributed by atoms with E-state index in [1.165, 1.54) is 63.0 Å². The molecule has 0 aliphatic heterocycles. The zero-order chi connectivity index (χ0) is 24.5. The summed E-state index contributed by atoms with van der Waals surface area (Å²) in [6, 6.07) is 19.8. The van der Waals surface area contributed by atoms with Crippen LogP contribution in [0.3, 0.4) is 0 Å². The number of hydrogen-bond acceptors (Lipinski definition) is 1. The Hall–Kier alpha value is -1.49. The number of nitrogens with zero attached hydrogens (tertiary/aromatic N) is 1. The van der Waals surface area contributed by atoms with Crippen molar-refractivity contribution in [2.75, 3.05) is 0 Å². The van der Waals surface area contributed by atoms with Crippen molar-refractivity contribution in [1.29, 1.82) is 0 Å². The van der Waals surface area contributed by atoms with Crippen molar-refractivity contribution in [1.82, 2.24) is 0 Å². The van der Waals surface area contributed by atoms with E-state index < -0.39 is 18.4 Å². The second kappa shape index (κ2) is 17.0. The first-order valence-corrected chi connectivity index (χ1v) is 20.6. The molecule has 0 bridgehead atoms. The quantitative estimate of drug-likeness (QED) is 0.154. The Morgan fingerprint density at radius 3 is 1.97 bits per heavy atom.